The Labute approximate surface area is 150 Å². The molecule has 5 nitrogen and oxygen atoms in total. The summed E-state index contributed by atoms with van der Waals surface area (Å²) in [6.07, 6.45) is 4.83. The largest absolute Gasteiger partial charge is 0.355 e. The molecule has 2 aliphatic rings. The third-order valence-electron chi connectivity index (χ3n) is 5.81. The first-order valence-corrected chi connectivity index (χ1v) is 10.9. The van der Waals surface area contributed by atoms with Gasteiger partial charge in [0, 0.05) is 19.1 Å². The maximum atomic E-state index is 13.1. The van der Waals surface area contributed by atoms with Gasteiger partial charge in [0.25, 0.3) is 0 Å². The van der Waals surface area contributed by atoms with Crippen LogP contribution >= 0.6 is 0 Å². The van der Waals surface area contributed by atoms with Gasteiger partial charge in [0.05, 0.1) is 11.2 Å². The Balaban J connectivity index is 1.72. The van der Waals surface area contributed by atoms with Crippen LogP contribution < -0.4 is 5.32 Å². The molecule has 0 spiro atoms. The molecule has 25 heavy (non-hydrogen) atoms. The van der Waals surface area contributed by atoms with Crippen molar-refractivity contribution in [3.63, 3.8) is 0 Å². The number of fused-ring (bicyclic) bond motifs is 1. The Morgan fingerprint density at radius 1 is 1.24 bits per heavy atom. The Morgan fingerprint density at radius 3 is 2.72 bits per heavy atom. The summed E-state index contributed by atoms with van der Waals surface area (Å²) in [5.74, 6) is 0.130. The third-order valence-corrected chi connectivity index (χ3v) is 7.75. The highest BCUT2D eigenvalue weighted by Gasteiger charge is 2.54. The zero-order valence-electron chi connectivity index (χ0n) is 14.9. The van der Waals surface area contributed by atoms with Crippen LogP contribution in [0.3, 0.4) is 0 Å². The van der Waals surface area contributed by atoms with Crippen molar-refractivity contribution in [3.05, 3.63) is 35.9 Å². The van der Waals surface area contributed by atoms with Crippen molar-refractivity contribution in [2.45, 2.75) is 51.5 Å². The van der Waals surface area contributed by atoms with Crippen LogP contribution in [0.5, 0.6) is 0 Å². The number of carbonyl (C=O) groups excluding carboxylic acids is 1. The highest BCUT2D eigenvalue weighted by atomic mass is 32.2. The van der Waals surface area contributed by atoms with E-state index in [4.69, 9.17) is 0 Å². The first-order chi connectivity index (χ1) is 12.0. The molecule has 0 bridgehead atoms. The minimum Gasteiger partial charge on any atom is -0.355 e. The zero-order valence-corrected chi connectivity index (χ0v) is 15.7. The maximum Gasteiger partial charge on any atom is 0.227 e. The molecule has 2 atom stereocenters. The van der Waals surface area contributed by atoms with Crippen molar-refractivity contribution in [2.24, 2.45) is 5.41 Å². The van der Waals surface area contributed by atoms with E-state index < -0.39 is 15.4 Å². The highest BCUT2D eigenvalue weighted by Crippen LogP contribution is 2.46. The van der Waals surface area contributed by atoms with E-state index in [-0.39, 0.29) is 17.7 Å². The van der Waals surface area contributed by atoms with Gasteiger partial charge in [0.15, 0.2) is 0 Å². The predicted molar refractivity (Wildman–Crippen MR) is 98.6 cm³/mol. The lowest BCUT2D eigenvalue weighted by Gasteiger charge is -2.50. The normalized spacial score (nSPS) is 28.9. The smallest absolute Gasteiger partial charge is 0.227 e. The van der Waals surface area contributed by atoms with Crippen LogP contribution in [0.2, 0.25) is 0 Å². The van der Waals surface area contributed by atoms with Crippen molar-refractivity contribution in [2.75, 3.05) is 18.8 Å². The fourth-order valence-corrected chi connectivity index (χ4v) is 6.44. The quantitative estimate of drug-likeness (QED) is 0.872. The number of benzene rings is 1. The number of hydrogen-bond donors (Lipinski definition) is 1. The number of sulfonamides is 1. The molecule has 1 amide bonds. The van der Waals surface area contributed by atoms with Crippen LogP contribution in [0.1, 0.15) is 44.6 Å². The predicted octanol–water partition coefficient (Wildman–Crippen LogP) is 2.33. The average molecular weight is 365 g/mol. The van der Waals surface area contributed by atoms with E-state index in [0.29, 0.717) is 19.5 Å². The van der Waals surface area contributed by atoms with Crippen LogP contribution in [-0.2, 0) is 21.2 Å². The monoisotopic (exact) mass is 364 g/mol. The molecule has 1 saturated carbocycles. The molecule has 1 N–H and O–H groups in total. The molecule has 1 heterocycles. The fourth-order valence-electron chi connectivity index (χ4n) is 4.49. The number of rotatable bonds is 5. The molecule has 1 aliphatic carbocycles. The van der Waals surface area contributed by atoms with Gasteiger partial charge in [-0.1, -0.05) is 50.1 Å². The van der Waals surface area contributed by atoms with Crippen molar-refractivity contribution in [1.29, 1.82) is 0 Å². The van der Waals surface area contributed by atoms with Gasteiger partial charge in [-0.25, -0.2) is 8.42 Å². The number of hydrogen-bond acceptors (Lipinski definition) is 3. The third kappa shape index (κ3) is 3.60. The number of amides is 1. The Bertz CT molecular complexity index is 705. The number of nitrogens with one attached hydrogen (secondary N) is 1. The lowest BCUT2D eigenvalue weighted by atomic mass is 9.67. The van der Waals surface area contributed by atoms with Crippen LogP contribution in [-0.4, -0.2) is 43.5 Å². The molecule has 138 valence electrons. The van der Waals surface area contributed by atoms with E-state index in [1.165, 1.54) is 5.56 Å². The van der Waals surface area contributed by atoms with Crippen molar-refractivity contribution >= 4 is 15.9 Å². The molecule has 0 aromatic heterocycles. The molecule has 1 aromatic carbocycles. The highest BCUT2D eigenvalue weighted by molar-refractivity contribution is 7.89. The van der Waals surface area contributed by atoms with Gasteiger partial charge in [-0.2, -0.15) is 4.31 Å². The maximum absolute atomic E-state index is 13.1. The van der Waals surface area contributed by atoms with Gasteiger partial charge in [-0.3, -0.25) is 4.79 Å². The Kier molecular flexibility index (Phi) is 5.49. The molecular weight excluding hydrogens is 336 g/mol. The van der Waals surface area contributed by atoms with Crippen LogP contribution in [0.15, 0.2) is 30.3 Å². The fraction of sp³-hybridized carbons (Fsp3) is 0.632. The summed E-state index contributed by atoms with van der Waals surface area (Å²) in [6.45, 7) is 2.91. The van der Waals surface area contributed by atoms with E-state index in [9.17, 15) is 13.2 Å². The standard InChI is InChI=1S/C19H28N2O3S/c1-2-21-17-10-6-7-12-19(17,13-15-25(21,23)24)18(22)20-14-11-16-8-4-3-5-9-16/h3-5,8-9,17H,2,6-7,10-15H2,1H3,(H,20,22)/t17-,19-/m1/s1. The van der Waals surface area contributed by atoms with E-state index in [1.807, 2.05) is 25.1 Å². The minimum atomic E-state index is -3.23. The van der Waals surface area contributed by atoms with E-state index in [0.717, 1.165) is 32.1 Å². The lowest BCUT2D eigenvalue weighted by Crippen LogP contribution is -2.62. The first-order valence-electron chi connectivity index (χ1n) is 9.31. The van der Waals surface area contributed by atoms with Gasteiger partial charge in [0.1, 0.15) is 0 Å². The van der Waals surface area contributed by atoms with Gasteiger partial charge in [-0.05, 0) is 31.2 Å². The molecule has 6 heteroatoms. The summed E-state index contributed by atoms with van der Waals surface area (Å²) in [7, 11) is -3.23. The topological polar surface area (TPSA) is 66.5 Å². The van der Waals surface area contributed by atoms with Crippen molar-refractivity contribution in [3.8, 4) is 0 Å². The van der Waals surface area contributed by atoms with Crippen molar-refractivity contribution < 1.29 is 13.2 Å². The molecule has 3 rings (SSSR count). The van der Waals surface area contributed by atoms with Crippen molar-refractivity contribution in [1.82, 2.24) is 9.62 Å². The Morgan fingerprint density at radius 2 is 2.00 bits per heavy atom. The second-order valence-electron chi connectivity index (χ2n) is 7.18. The molecule has 1 aromatic rings. The summed E-state index contributed by atoms with van der Waals surface area (Å²) in [5.41, 5.74) is 0.651. The van der Waals surface area contributed by atoms with Crippen LogP contribution in [0, 0.1) is 5.41 Å². The zero-order chi connectivity index (χ0) is 17.9. The van der Waals surface area contributed by atoms with Gasteiger partial charge >= 0.3 is 0 Å². The van der Waals surface area contributed by atoms with Gasteiger partial charge < -0.3 is 5.32 Å². The van der Waals surface area contributed by atoms with Crippen LogP contribution in [0.25, 0.3) is 0 Å². The lowest BCUT2D eigenvalue weighted by molar-refractivity contribution is -0.137. The van der Waals surface area contributed by atoms with E-state index in [1.54, 1.807) is 4.31 Å². The molecule has 1 aliphatic heterocycles. The van der Waals surface area contributed by atoms with E-state index >= 15 is 0 Å². The number of carbonyl (C=O) groups is 1. The summed E-state index contributed by atoms with van der Waals surface area (Å²) >= 11 is 0. The molecular formula is C19H28N2O3S. The second-order valence-corrected chi connectivity index (χ2v) is 9.22. The SMILES string of the molecule is CCN1[C@@H]2CCCC[C@@]2(C(=O)NCCc2ccccc2)CCS1(=O)=O. The average Bonchev–Trinajstić information content (AvgIpc) is 2.62. The molecule has 0 radical (unpaired) electrons. The Hall–Kier alpha value is -1.40. The summed E-state index contributed by atoms with van der Waals surface area (Å²) in [5, 5.41) is 3.10. The molecule has 2 fully saturated rings. The molecule has 1 saturated heterocycles. The number of nitrogens with zero attached hydrogens (tertiary/aromatic N) is 1. The summed E-state index contributed by atoms with van der Waals surface area (Å²) in [6, 6.07) is 9.91. The van der Waals surface area contributed by atoms with Gasteiger partial charge in [-0.15, -0.1) is 0 Å². The minimum absolute atomic E-state index is 0.0430. The van der Waals surface area contributed by atoms with Gasteiger partial charge in [0.2, 0.25) is 15.9 Å². The van der Waals surface area contributed by atoms with Crippen LogP contribution in [0.4, 0.5) is 0 Å². The summed E-state index contributed by atoms with van der Waals surface area (Å²) in [4.78, 5) is 13.1. The molecule has 0 unspecified atom stereocenters. The second kappa shape index (κ2) is 7.46. The van der Waals surface area contributed by atoms with E-state index in [2.05, 4.69) is 17.4 Å². The first kappa shape index (κ1) is 18.4. The summed E-state index contributed by atoms with van der Waals surface area (Å²) < 4.78 is 26.4.